The number of likely N-dealkylation sites (tertiary alicyclic amines) is 1. The van der Waals surface area contributed by atoms with E-state index in [9.17, 15) is 8.42 Å². The average Bonchev–Trinajstić information content (AvgIpc) is 2.94. The number of rotatable bonds is 4. The van der Waals surface area contributed by atoms with E-state index in [1.54, 1.807) is 0 Å². The van der Waals surface area contributed by atoms with E-state index in [1.807, 2.05) is 0 Å². The van der Waals surface area contributed by atoms with Gasteiger partial charge >= 0.3 is 0 Å². The fourth-order valence-corrected chi connectivity index (χ4v) is 5.14. The van der Waals surface area contributed by atoms with Gasteiger partial charge in [0.2, 0.25) is 0 Å². The van der Waals surface area contributed by atoms with Crippen LogP contribution in [0.15, 0.2) is 0 Å². The molecule has 2 unspecified atom stereocenters. The lowest BCUT2D eigenvalue weighted by atomic mass is 10.2. The quantitative estimate of drug-likeness (QED) is 0.730. The van der Waals surface area contributed by atoms with Gasteiger partial charge in [-0.2, -0.15) is 0 Å². The maximum Gasteiger partial charge on any atom is 0.153 e. The first-order valence-electron chi connectivity index (χ1n) is 8.10. The number of nitrogens with one attached hydrogen (secondary N) is 1. The molecular formula is C14H27N3O3S. The van der Waals surface area contributed by atoms with E-state index in [0.717, 1.165) is 52.4 Å². The first-order valence-corrected chi connectivity index (χ1v) is 9.92. The molecule has 0 spiro atoms. The smallest absolute Gasteiger partial charge is 0.153 e. The summed E-state index contributed by atoms with van der Waals surface area (Å²) < 4.78 is 28.7. The van der Waals surface area contributed by atoms with Crippen molar-refractivity contribution in [2.75, 3.05) is 64.0 Å². The Morgan fingerprint density at radius 1 is 1.19 bits per heavy atom. The highest BCUT2D eigenvalue weighted by Crippen LogP contribution is 2.17. The molecule has 0 bridgehead atoms. The molecule has 0 amide bonds. The fourth-order valence-electron chi connectivity index (χ4n) is 3.65. The van der Waals surface area contributed by atoms with Crippen LogP contribution in [0.25, 0.3) is 0 Å². The van der Waals surface area contributed by atoms with E-state index in [0.29, 0.717) is 24.1 Å². The third kappa shape index (κ3) is 4.39. The highest BCUT2D eigenvalue weighted by atomic mass is 32.2. The van der Waals surface area contributed by atoms with E-state index < -0.39 is 9.84 Å². The second-order valence-electron chi connectivity index (χ2n) is 6.45. The number of ether oxygens (including phenoxy) is 1. The van der Waals surface area contributed by atoms with Gasteiger partial charge in [-0.15, -0.1) is 0 Å². The summed E-state index contributed by atoms with van der Waals surface area (Å²) in [5.41, 5.74) is 0. The van der Waals surface area contributed by atoms with Gasteiger partial charge in [-0.3, -0.25) is 4.90 Å². The van der Waals surface area contributed by atoms with Gasteiger partial charge in [0, 0.05) is 38.3 Å². The van der Waals surface area contributed by atoms with Crippen molar-refractivity contribution in [2.45, 2.75) is 24.9 Å². The summed E-state index contributed by atoms with van der Waals surface area (Å²) in [6.07, 6.45) is 2.17. The van der Waals surface area contributed by atoms with Gasteiger partial charge in [0.05, 0.1) is 24.7 Å². The minimum atomic E-state index is -2.81. The first kappa shape index (κ1) is 15.7. The summed E-state index contributed by atoms with van der Waals surface area (Å²) in [7, 11) is -2.81. The van der Waals surface area contributed by atoms with Gasteiger partial charge in [-0.25, -0.2) is 8.42 Å². The molecule has 1 N–H and O–H groups in total. The van der Waals surface area contributed by atoms with Gasteiger partial charge < -0.3 is 15.0 Å². The normalized spacial score (nSPS) is 35.0. The predicted octanol–water partition coefficient (Wildman–Crippen LogP) is -0.830. The van der Waals surface area contributed by atoms with Crippen LogP contribution in [-0.4, -0.2) is 94.3 Å². The van der Waals surface area contributed by atoms with E-state index in [1.165, 1.54) is 6.42 Å². The van der Waals surface area contributed by atoms with Crippen LogP contribution in [0, 0.1) is 0 Å². The van der Waals surface area contributed by atoms with Crippen LogP contribution in [0.2, 0.25) is 0 Å². The van der Waals surface area contributed by atoms with E-state index in [-0.39, 0.29) is 6.04 Å². The Labute approximate surface area is 127 Å². The standard InChI is InChI=1S/C14H27N3O3S/c18-21(19)10-3-15-13(12-21)1-4-16-5-2-14(11-16)17-6-8-20-9-7-17/h13-15H,1-12H2. The van der Waals surface area contributed by atoms with Crippen LogP contribution in [0.1, 0.15) is 12.8 Å². The molecule has 0 aromatic carbocycles. The van der Waals surface area contributed by atoms with Gasteiger partial charge in [-0.1, -0.05) is 0 Å². The lowest BCUT2D eigenvalue weighted by molar-refractivity contribution is 0.0185. The molecule has 3 saturated heterocycles. The Hall–Kier alpha value is -0.210. The van der Waals surface area contributed by atoms with Gasteiger partial charge in [0.15, 0.2) is 9.84 Å². The fraction of sp³-hybridized carbons (Fsp3) is 1.00. The molecule has 2 atom stereocenters. The minimum Gasteiger partial charge on any atom is -0.379 e. The highest BCUT2D eigenvalue weighted by molar-refractivity contribution is 7.91. The SMILES string of the molecule is O=S1(=O)CCNC(CCN2CCC(N3CCOCC3)C2)C1. The molecular weight excluding hydrogens is 290 g/mol. The maximum absolute atomic E-state index is 11.6. The predicted molar refractivity (Wildman–Crippen MR) is 82.3 cm³/mol. The monoisotopic (exact) mass is 317 g/mol. The second-order valence-corrected chi connectivity index (χ2v) is 8.67. The van der Waals surface area contributed by atoms with Crippen molar-refractivity contribution in [1.29, 1.82) is 0 Å². The first-order chi connectivity index (χ1) is 10.1. The topological polar surface area (TPSA) is 61.9 Å². The number of sulfone groups is 1. The Kier molecular flexibility index (Phi) is 5.16. The summed E-state index contributed by atoms with van der Waals surface area (Å²) >= 11 is 0. The zero-order valence-electron chi connectivity index (χ0n) is 12.7. The van der Waals surface area contributed by atoms with Gasteiger partial charge in [0.1, 0.15) is 0 Å². The van der Waals surface area contributed by atoms with Crippen molar-refractivity contribution in [3.8, 4) is 0 Å². The van der Waals surface area contributed by atoms with Crippen molar-refractivity contribution >= 4 is 9.84 Å². The molecule has 3 aliphatic heterocycles. The molecule has 3 rings (SSSR count). The molecule has 21 heavy (non-hydrogen) atoms. The zero-order chi connectivity index (χ0) is 14.7. The van der Waals surface area contributed by atoms with E-state index in [4.69, 9.17) is 4.74 Å². The molecule has 3 aliphatic rings. The third-order valence-electron chi connectivity index (χ3n) is 4.90. The molecule has 0 aromatic heterocycles. The number of morpholine rings is 1. The number of nitrogens with zero attached hydrogens (tertiary/aromatic N) is 2. The highest BCUT2D eigenvalue weighted by Gasteiger charge is 2.30. The summed E-state index contributed by atoms with van der Waals surface area (Å²) in [5.74, 6) is 0.611. The van der Waals surface area contributed by atoms with Crippen molar-refractivity contribution in [2.24, 2.45) is 0 Å². The molecule has 0 aliphatic carbocycles. The Morgan fingerprint density at radius 2 is 2.00 bits per heavy atom. The van der Waals surface area contributed by atoms with E-state index in [2.05, 4.69) is 15.1 Å². The van der Waals surface area contributed by atoms with Crippen molar-refractivity contribution in [3.05, 3.63) is 0 Å². The lowest BCUT2D eigenvalue weighted by Crippen LogP contribution is -2.47. The Morgan fingerprint density at radius 3 is 2.76 bits per heavy atom. The molecule has 0 radical (unpaired) electrons. The van der Waals surface area contributed by atoms with Gasteiger partial charge in [0.25, 0.3) is 0 Å². The van der Waals surface area contributed by atoms with Crippen molar-refractivity contribution in [1.82, 2.24) is 15.1 Å². The lowest BCUT2D eigenvalue weighted by Gasteiger charge is -2.32. The number of hydrogen-bond donors (Lipinski definition) is 1. The van der Waals surface area contributed by atoms with Crippen molar-refractivity contribution in [3.63, 3.8) is 0 Å². The van der Waals surface area contributed by atoms with Crippen molar-refractivity contribution < 1.29 is 13.2 Å². The van der Waals surface area contributed by atoms with Crippen LogP contribution in [-0.2, 0) is 14.6 Å². The van der Waals surface area contributed by atoms with Crippen LogP contribution in [0.5, 0.6) is 0 Å². The summed E-state index contributed by atoms with van der Waals surface area (Å²) in [4.78, 5) is 5.04. The van der Waals surface area contributed by atoms with E-state index >= 15 is 0 Å². The molecule has 3 fully saturated rings. The molecule has 6 nitrogen and oxygen atoms in total. The number of hydrogen-bond acceptors (Lipinski definition) is 6. The van der Waals surface area contributed by atoms with Crippen LogP contribution in [0.3, 0.4) is 0 Å². The summed E-state index contributed by atoms with van der Waals surface area (Å²) in [6.45, 7) is 7.72. The Balaban J connectivity index is 1.40. The molecule has 0 aromatic rings. The Bertz CT molecular complexity index is 437. The summed E-state index contributed by atoms with van der Waals surface area (Å²) in [5, 5.41) is 3.34. The molecule has 7 heteroatoms. The average molecular weight is 317 g/mol. The minimum absolute atomic E-state index is 0.145. The molecule has 122 valence electrons. The van der Waals surface area contributed by atoms with Crippen LogP contribution < -0.4 is 5.32 Å². The van der Waals surface area contributed by atoms with Crippen LogP contribution in [0.4, 0.5) is 0 Å². The second kappa shape index (κ2) is 6.91. The third-order valence-corrected chi connectivity index (χ3v) is 6.64. The maximum atomic E-state index is 11.6. The molecule has 3 heterocycles. The largest absolute Gasteiger partial charge is 0.379 e. The van der Waals surface area contributed by atoms with Crippen LogP contribution >= 0.6 is 0 Å². The molecule has 0 saturated carbocycles. The zero-order valence-corrected chi connectivity index (χ0v) is 13.5. The summed E-state index contributed by atoms with van der Waals surface area (Å²) in [6, 6.07) is 0.808. The van der Waals surface area contributed by atoms with Gasteiger partial charge in [-0.05, 0) is 25.9 Å².